The second-order valence-electron chi connectivity index (χ2n) is 4.80. The third-order valence-electron chi connectivity index (χ3n) is 3.23. The summed E-state index contributed by atoms with van der Waals surface area (Å²) in [4.78, 5) is 12.3. The van der Waals surface area contributed by atoms with Crippen LogP contribution in [0.5, 0.6) is 11.5 Å². The van der Waals surface area contributed by atoms with Crippen LogP contribution in [0.1, 0.15) is 23.1 Å². The van der Waals surface area contributed by atoms with E-state index >= 15 is 0 Å². The molecule has 110 valence electrons. The number of ether oxygens (including phenoxy) is 2. The van der Waals surface area contributed by atoms with Crippen molar-refractivity contribution in [2.24, 2.45) is 0 Å². The summed E-state index contributed by atoms with van der Waals surface area (Å²) in [5, 5.41) is 7.13. The van der Waals surface area contributed by atoms with E-state index in [0.717, 1.165) is 5.69 Å². The van der Waals surface area contributed by atoms with Gasteiger partial charge in [0.1, 0.15) is 18.9 Å². The molecule has 6 heteroatoms. The predicted molar refractivity (Wildman–Crippen MR) is 78.0 cm³/mol. The van der Waals surface area contributed by atoms with E-state index in [2.05, 4.69) is 10.4 Å². The van der Waals surface area contributed by atoms with Crippen molar-refractivity contribution in [2.45, 2.75) is 20.4 Å². The van der Waals surface area contributed by atoms with Crippen LogP contribution in [-0.4, -0.2) is 28.9 Å². The Morgan fingerprint density at radius 2 is 2.05 bits per heavy atom. The minimum Gasteiger partial charge on any atom is -0.486 e. The highest BCUT2D eigenvalue weighted by Gasteiger charge is 2.16. The van der Waals surface area contributed by atoms with E-state index in [1.54, 1.807) is 28.9 Å². The van der Waals surface area contributed by atoms with Gasteiger partial charge in [-0.05, 0) is 32.0 Å². The fourth-order valence-electron chi connectivity index (χ4n) is 2.29. The molecule has 1 amide bonds. The van der Waals surface area contributed by atoms with Crippen molar-refractivity contribution in [1.29, 1.82) is 0 Å². The summed E-state index contributed by atoms with van der Waals surface area (Å²) in [6.07, 6.45) is 0. The lowest BCUT2D eigenvalue weighted by atomic mass is 10.2. The molecular weight excluding hydrogens is 270 g/mol. The number of carbonyl (C=O) groups excluding carboxylic acids is 1. The molecular formula is C15H17N3O3. The third kappa shape index (κ3) is 2.69. The normalized spacial score (nSPS) is 13.0. The highest BCUT2D eigenvalue weighted by molar-refractivity contribution is 6.03. The van der Waals surface area contributed by atoms with Crippen molar-refractivity contribution in [3.63, 3.8) is 0 Å². The summed E-state index contributed by atoms with van der Waals surface area (Å²) >= 11 is 0. The Hall–Kier alpha value is -2.50. The first-order valence-electron chi connectivity index (χ1n) is 6.93. The van der Waals surface area contributed by atoms with Crippen molar-refractivity contribution in [3.8, 4) is 11.5 Å². The van der Waals surface area contributed by atoms with Gasteiger partial charge in [0, 0.05) is 18.3 Å². The Morgan fingerprint density at radius 1 is 1.29 bits per heavy atom. The first kappa shape index (κ1) is 13.5. The lowest BCUT2D eigenvalue weighted by Crippen LogP contribution is -2.18. The molecule has 0 fully saturated rings. The molecule has 1 aliphatic rings. The summed E-state index contributed by atoms with van der Waals surface area (Å²) in [7, 11) is 0. The maximum Gasteiger partial charge on any atom is 0.273 e. The lowest BCUT2D eigenvalue weighted by molar-refractivity contribution is 0.101. The van der Waals surface area contributed by atoms with Gasteiger partial charge in [-0.1, -0.05) is 0 Å². The molecule has 0 spiro atoms. The van der Waals surface area contributed by atoms with Crippen LogP contribution in [0.2, 0.25) is 0 Å². The minimum atomic E-state index is -0.186. The van der Waals surface area contributed by atoms with Crippen molar-refractivity contribution in [1.82, 2.24) is 9.78 Å². The van der Waals surface area contributed by atoms with Gasteiger partial charge in [-0.3, -0.25) is 9.48 Å². The molecule has 1 aliphatic heterocycles. The number of carbonyl (C=O) groups is 1. The van der Waals surface area contributed by atoms with Gasteiger partial charge in [0.25, 0.3) is 5.91 Å². The first-order chi connectivity index (χ1) is 10.2. The fourth-order valence-corrected chi connectivity index (χ4v) is 2.29. The van der Waals surface area contributed by atoms with E-state index in [1.165, 1.54) is 0 Å². The SMILES string of the molecule is CCn1nc(C)cc1C(=O)Nc1ccc2c(c1)OCCO2. The Bertz CT molecular complexity index is 679. The van der Waals surface area contributed by atoms with Gasteiger partial charge >= 0.3 is 0 Å². The zero-order chi connectivity index (χ0) is 14.8. The van der Waals surface area contributed by atoms with Gasteiger partial charge < -0.3 is 14.8 Å². The van der Waals surface area contributed by atoms with E-state index in [0.29, 0.717) is 42.6 Å². The van der Waals surface area contributed by atoms with Gasteiger partial charge in [0.05, 0.1) is 5.69 Å². The van der Waals surface area contributed by atoms with Crippen molar-refractivity contribution in [3.05, 3.63) is 35.7 Å². The molecule has 2 aromatic rings. The van der Waals surface area contributed by atoms with E-state index in [-0.39, 0.29) is 5.91 Å². The van der Waals surface area contributed by atoms with Crippen LogP contribution in [-0.2, 0) is 6.54 Å². The van der Waals surface area contributed by atoms with Crippen LogP contribution in [0.15, 0.2) is 24.3 Å². The Morgan fingerprint density at radius 3 is 2.81 bits per heavy atom. The average Bonchev–Trinajstić information content (AvgIpc) is 2.88. The van der Waals surface area contributed by atoms with Crippen LogP contribution < -0.4 is 14.8 Å². The summed E-state index contributed by atoms with van der Waals surface area (Å²) in [6.45, 7) is 5.54. The Balaban J connectivity index is 1.81. The van der Waals surface area contributed by atoms with Crippen LogP contribution in [0.3, 0.4) is 0 Å². The summed E-state index contributed by atoms with van der Waals surface area (Å²) in [5.41, 5.74) is 2.04. The average molecular weight is 287 g/mol. The molecule has 0 aliphatic carbocycles. The van der Waals surface area contributed by atoms with Crippen molar-refractivity contribution >= 4 is 11.6 Å². The van der Waals surface area contributed by atoms with Gasteiger partial charge in [-0.15, -0.1) is 0 Å². The number of hydrogen-bond acceptors (Lipinski definition) is 4. The van der Waals surface area contributed by atoms with Crippen molar-refractivity contribution in [2.75, 3.05) is 18.5 Å². The van der Waals surface area contributed by atoms with Gasteiger partial charge in [-0.2, -0.15) is 5.10 Å². The molecule has 6 nitrogen and oxygen atoms in total. The number of rotatable bonds is 3. The largest absolute Gasteiger partial charge is 0.486 e. The zero-order valence-corrected chi connectivity index (χ0v) is 12.0. The second-order valence-corrected chi connectivity index (χ2v) is 4.80. The highest BCUT2D eigenvalue weighted by atomic mass is 16.6. The van der Waals surface area contributed by atoms with Crippen LogP contribution in [0, 0.1) is 6.92 Å². The first-order valence-corrected chi connectivity index (χ1v) is 6.93. The van der Waals surface area contributed by atoms with Crippen LogP contribution in [0.25, 0.3) is 0 Å². The summed E-state index contributed by atoms with van der Waals surface area (Å²) < 4.78 is 12.6. The van der Waals surface area contributed by atoms with Crippen molar-refractivity contribution < 1.29 is 14.3 Å². The maximum atomic E-state index is 12.3. The number of nitrogens with zero attached hydrogens (tertiary/aromatic N) is 2. The fraction of sp³-hybridized carbons (Fsp3) is 0.333. The van der Waals surface area contributed by atoms with Gasteiger partial charge in [0.2, 0.25) is 0 Å². The number of nitrogens with one attached hydrogen (secondary N) is 1. The molecule has 0 unspecified atom stereocenters. The summed E-state index contributed by atoms with van der Waals surface area (Å²) in [5.74, 6) is 1.17. The number of aromatic nitrogens is 2. The number of amides is 1. The van der Waals surface area contributed by atoms with Gasteiger partial charge in [0.15, 0.2) is 11.5 Å². The number of benzene rings is 1. The standard InChI is InChI=1S/C15H17N3O3/c1-3-18-12(8-10(2)17-18)15(19)16-11-4-5-13-14(9-11)21-7-6-20-13/h4-5,8-9H,3,6-7H2,1-2H3,(H,16,19). The predicted octanol–water partition coefficient (Wildman–Crippen LogP) is 2.23. The van der Waals surface area contributed by atoms with Crippen LogP contribution >= 0.6 is 0 Å². The molecule has 2 heterocycles. The number of anilines is 1. The van der Waals surface area contributed by atoms with E-state index < -0.39 is 0 Å². The maximum absolute atomic E-state index is 12.3. The molecule has 1 N–H and O–H groups in total. The third-order valence-corrected chi connectivity index (χ3v) is 3.23. The minimum absolute atomic E-state index is 0.186. The lowest BCUT2D eigenvalue weighted by Gasteiger charge is -2.19. The van der Waals surface area contributed by atoms with Crippen LogP contribution in [0.4, 0.5) is 5.69 Å². The van der Waals surface area contributed by atoms with E-state index in [4.69, 9.17) is 9.47 Å². The van der Waals surface area contributed by atoms with E-state index in [9.17, 15) is 4.79 Å². The molecule has 1 aromatic heterocycles. The number of aryl methyl sites for hydroxylation is 2. The number of fused-ring (bicyclic) bond motifs is 1. The second kappa shape index (κ2) is 5.47. The topological polar surface area (TPSA) is 65.4 Å². The molecule has 0 radical (unpaired) electrons. The monoisotopic (exact) mass is 287 g/mol. The molecule has 0 saturated carbocycles. The summed E-state index contributed by atoms with van der Waals surface area (Å²) in [6, 6.07) is 7.14. The molecule has 0 bridgehead atoms. The zero-order valence-electron chi connectivity index (χ0n) is 12.0. The van der Waals surface area contributed by atoms with Gasteiger partial charge in [-0.25, -0.2) is 0 Å². The molecule has 3 rings (SSSR count). The highest BCUT2D eigenvalue weighted by Crippen LogP contribution is 2.32. The van der Waals surface area contributed by atoms with E-state index in [1.807, 2.05) is 13.8 Å². The molecule has 0 saturated heterocycles. The molecule has 0 atom stereocenters. The Kier molecular flexibility index (Phi) is 3.51. The molecule has 21 heavy (non-hydrogen) atoms. The number of hydrogen-bond donors (Lipinski definition) is 1. The quantitative estimate of drug-likeness (QED) is 0.940. The Labute approximate surface area is 122 Å². The smallest absolute Gasteiger partial charge is 0.273 e. The molecule has 1 aromatic carbocycles.